The number of fused-ring (bicyclic) bond motifs is 1. The van der Waals surface area contributed by atoms with Crippen LogP contribution >= 0.6 is 0 Å². The van der Waals surface area contributed by atoms with Gasteiger partial charge in [-0.1, -0.05) is 0 Å². The SMILES string of the molecule is CC(C)(C)OC(=O)NCc1cc2cnccc2cn1. The van der Waals surface area contributed by atoms with E-state index in [9.17, 15) is 4.79 Å². The van der Waals surface area contributed by atoms with E-state index in [0.29, 0.717) is 6.54 Å². The summed E-state index contributed by atoms with van der Waals surface area (Å²) in [6.45, 7) is 5.81. The van der Waals surface area contributed by atoms with Crippen LogP contribution in [0.1, 0.15) is 26.5 Å². The highest BCUT2D eigenvalue weighted by Crippen LogP contribution is 2.12. The number of aromatic nitrogens is 2. The number of rotatable bonds is 2. The van der Waals surface area contributed by atoms with Gasteiger partial charge >= 0.3 is 6.09 Å². The molecule has 100 valence electrons. The summed E-state index contributed by atoms with van der Waals surface area (Å²) < 4.78 is 5.16. The molecule has 0 aromatic carbocycles. The number of ether oxygens (including phenoxy) is 1. The quantitative estimate of drug-likeness (QED) is 0.900. The lowest BCUT2D eigenvalue weighted by Gasteiger charge is -2.19. The Balaban J connectivity index is 2.00. The number of alkyl carbamates (subject to hydrolysis) is 1. The Morgan fingerprint density at radius 2 is 2.11 bits per heavy atom. The predicted molar refractivity (Wildman–Crippen MR) is 72.6 cm³/mol. The minimum absolute atomic E-state index is 0.333. The van der Waals surface area contributed by atoms with E-state index in [1.807, 2.05) is 32.9 Å². The lowest BCUT2D eigenvalue weighted by Crippen LogP contribution is -2.32. The fourth-order valence-electron chi connectivity index (χ4n) is 1.60. The average Bonchev–Trinajstić information content (AvgIpc) is 2.34. The summed E-state index contributed by atoms with van der Waals surface area (Å²) in [7, 11) is 0. The highest BCUT2D eigenvalue weighted by molar-refractivity contribution is 5.80. The van der Waals surface area contributed by atoms with Crippen LogP contribution in [-0.4, -0.2) is 21.7 Å². The van der Waals surface area contributed by atoms with Gasteiger partial charge in [0.15, 0.2) is 0 Å². The first-order valence-electron chi connectivity index (χ1n) is 6.09. The Morgan fingerprint density at radius 3 is 2.84 bits per heavy atom. The smallest absolute Gasteiger partial charge is 0.407 e. The van der Waals surface area contributed by atoms with E-state index in [1.54, 1.807) is 18.6 Å². The largest absolute Gasteiger partial charge is 0.444 e. The summed E-state index contributed by atoms with van der Waals surface area (Å²) in [5.74, 6) is 0. The molecule has 0 saturated heterocycles. The van der Waals surface area contributed by atoms with E-state index in [2.05, 4.69) is 15.3 Å². The van der Waals surface area contributed by atoms with Crippen LogP contribution in [0.4, 0.5) is 4.79 Å². The minimum Gasteiger partial charge on any atom is -0.444 e. The van der Waals surface area contributed by atoms with Crippen molar-refractivity contribution >= 4 is 16.9 Å². The van der Waals surface area contributed by atoms with Crippen molar-refractivity contribution in [1.29, 1.82) is 0 Å². The molecular formula is C14H17N3O2. The number of nitrogens with one attached hydrogen (secondary N) is 1. The number of hydrogen-bond donors (Lipinski definition) is 1. The van der Waals surface area contributed by atoms with Gasteiger partial charge in [-0.05, 0) is 32.9 Å². The summed E-state index contributed by atoms with van der Waals surface area (Å²) in [6.07, 6.45) is 4.82. The fourth-order valence-corrected chi connectivity index (χ4v) is 1.60. The highest BCUT2D eigenvalue weighted by Gasteiger charge is 2.15. The molecule has 0 bridgehead atoms. The van der Waals surface area contributed by atoms with E-state index in [-0.39, 0.29) is 0 Å². The molecule has 0 spiro atoms. The van der Waals surface area contributed by atoms with Crippen LogP contribution in [0.25, 0.3) is 10.8 Å². The molecule has 5 heteroatoms. The van der Waals surface area contributed by atoms with Gasteiger partial charge in [-0.15, -0.1) is 0 Å². The first-order valence-corrected chi connectivity index (χ1v) is 6.09. The van der Waals surface area contributed by atoms with Crippen LogP contribution in [0.3, 0.4) is 0 Å². The molecule has 0 saturated carbocycles. The number of pyridine rings is 2. The third-order valence-corrected chi connectivity index (χ3v) is 2.39. The zero-order chi connectivity index (χ0) is 13.9. The second-order valence-corrected chi connectivity index (χ2v) is 5.25. The van der Waals surface area contributed by atoms with E-state index >= 15 is 0 Å². The molecule has 5 nitrogen and oxygen atoms in total. The summed E-state index contributed by atoms with van der Waals surface area (Å²) >= 11 is 0. The van der Waals surface area contributed by atoms with Crippen molar-refractivity contribution in [3.05, 3.63) is 36.4 Å². The maximum atomic E-state index is 11.5. The third-order valence-electron chi connectivity index (χ3n) is 2.39. The molecule has 2 rings (SSSR count). The number of hydrogen-bond acceptors (Lipinski definition) is 4. The van der Waals surface area contributed by atoms with Crippen molar-refractivity contribution in [2.24, 2.45) is 0 Å². The third kappa shape index (κ3) is 3.91. The topological polar surface area (TPSA) is 64.1 Å². The van der Waals surface area contributed by atoms with Crippen LogP contribution in [0.15, 0.2) is 30.7 Å². The molecule has 19 heavy (non-hydrogen) atoms. The first kappa shape index (κ1) is 13.3. The lowest BCUT2D eigenvalue weighted by atomic mass is 10.2. The van der Waals surface area contributed by atoms with Crippen LogP contribution in [0.5, 0.6) is 0 Å². The Labute approximate surface area is 112 Å². The van der Waals surface area contributed by atoms with Gasteiger partial charge < -0.3 is 10.1 Å². The normalized spacial score (nSPS) is 11.3. The number of amides is 1. The van der Waals surface area contributed by atoms with Gasteiger partial charge in [-0.3, -0.25) is 9.97 Å². The number of nitrogens with zero attached hydrogens (tertiary/aromatic N) is 2. The molecule has 1 amide bonds. The monoisotopic (exact) mass is 259 g/mol. The molecule has 2 aromatic heterocycles. The average molecular weight is 259 g/mol. The van der Waals surface area contributed by atoms with Crippen LogP contribution in [0.2, 0.25) is 0 Å². The maximum Gasteiger partial charge on any atom is 0.407 e. The zero-order valence-corrected chi connectivity index (χ0v) is 11.3. The van der Waals surface area contributed by atoms with Gasteiger partial charge in [0.1, 0.15) is 5.60 Å². The van der Waals surface area contributed by atoms with Crippen LogP contribution in [-0.2, 0) is 11.3 Å². The number of carbonyl (C=O) groups excluding carboxylic acids is 1. The van der Waals surface area contributed by atoms with Crippen molar-refractivity contribution in [2.75, 3.05) is 0 Å². The molecular weight excluding hydrogens is 242 g/mol. The Kier molecular flexibility index (Phi) is 3.64. The van der Waals surface area contributed by atoms with Crippen molar-refractivity contribution in [3.63, 3.8) is 0 Å². The van der Waals surface area contributed by atoms with Crippen molar-refractivity contribution in [3.8, 4) is 0 Å². The second-order valence-electron chi connectivity index (χ2n) is 5.25. The zero-order valence-electron chi connectivity index (χ0n) is 11.3. The Hall–Kier alpha value is -2.17. The molecule has 2 heterocycles. The van der Waals surface area contributed by atoms with Crippen molar-refractivity contribution in [1.82, 2.24) is 15.3 Å². The second kappa shape index (κ2) is 5.22. The molecule has 0 atom stereocenters. The summed E-state index contributed by atoms with van der Waals surface area (Å²) in [5, 5.41) is 4.70. The molecule has 0 aliphatic rings. The van der Waals surface area contributed by atoms with E-state index < -0.39 is 11.7 Å². The van der Waals surface area contributed by atoms with Gasteiger partial charge in [0.25, 0.3) is 0 Å². The molecule has 0 aliphatic heterocycles. The van der Waals surface area contributed by atoms with Gasteiger partial charge in [0, 0.05) is 29.4 Å². The first-order chi connectivity index (χ1) is 8.94. The summed E-state index contributed by atoms with van der Waals surface area (Å²) in [6, 6.07) is 3.80. The molecule has 1 N–H and O–H groups in total. The minimum atomic E-state index is -0.495. The van der Waals surface area contributed by atoms with E-state index in [0.717, 1.165) is 16.5 Å². The van der Waals surface area contributed by atoms with Gasteiger partial charge in [-0.25, -0.2) is 4.79 Å². The van der Waals surface area contributed by atoms with Crippen molar-refractivity contribution in [2.45, 2.75) is 32.9 Å². The maximum absolute atomic E-state index is 11.5. The molecule has 2 aromatic rings. The predicted octanol–water partition coefficient (Wildman–Crippen LogP) is 2.65. The Bertz CT molecular complexity index is 591. The number of carbonyl (C=O) groups is 1. The van der Waals surface area contributed by atoms with E-state index in [1.165, 1.54) is 0 Å². The molecule has 0 fully saturated rings. The van der Waals surface area contributed by atoms with Gasteiger partial charge in [0.2, 0.25) is 0 Å². The standard InChI is InChI=1S/C14H17N3O2/c1-14(2,3)19-13(18)17-9-12-6-11-7-15-5-4-10(11)8-16-12/h4-8H,9H2,1-3H3,(H,17,18). The van der Waals surface area contributed by atoms with E-state index in [4.69, 9.17) is 4.74 Å². The molecule has 0 unspecified atom stereocenters. The molecule has 0 radical (unpaired) electrons. The van der Waals surface area contributed by atoms with Crippen LogP contribution < -0.4 is 5.32 Å². The van der Waals surface area contributed by atoms with Crippen LogP contribution in [0, 0.1) is 0 Å². The summed E-state index contributed by atoms with van der Waals surface area (Å²) in [4.78, 5) is 19.9. The summed E-state index contributed by atoms with van der Waals surface area (Å²) in [5.41, 5.74) is 0.275. The fraction of sp³-hybridized carbons (Fsp3) is 0.357. The lowest BCUT2D eigenvalue weighted by molar-refractivity contribution is 0.0523. The molecule has 0 aliphatic carbocycles. The highest BCUT2D eigenvalue weighted by atomic mass is 16.6. The van der Waals surface area contributed by atoms with Gasteiger partial charge in [-0.2, -0.15) is 0 Å². The Morgan fingerprint density at radius 1 is 1.32 bits per heavy atom. The van der Waals surface area contributed by atoms with Gasteiger partial charge in [0.05, 0.1) is 12.2 Å². The van der Waals surface area contributed by atoms with Crippen molar-refractivity contribution < 1.29 is 9.53 Å².